The number of piperidine rings is 1. The van der Waals surface area contributed by atoms with E-state index in [9.17, 15) is 18.3 Å². The Hall–Kier alpha value is -2.43. The maximum absolute atomic E-state index is 10.6. The number of thioether (sulfide) groups is 1. The minimum absolute atomic E-state index is 0.0213. The van der Waals surface area contributed by atoms with Crippen LogP contribution < -0.4 is 15.0 Å². The summed E-state index contributed by atoms with van der Waals surface area (Å²) in [6.45, 7) is 3.37. The third-order valence-electron chi connectivity index (χ3n) is 6.52. The van der Waals surface area contributed by atoms with Crippen molar-refractivity contribution in [3.05, 3.63) is 47.0 Å². The topological polar surface area (TPSA) is 82.0 Å². The molecule has 34 heavy (non-hydrogen) atoms. The van der Waals surface area contributed by atoms with Gasteiger partial charge in [-0.25, -0.2) is 4.79 Å². The first-order chi connectivity index (χ1) is 16.2. The van der Waals surface area contributed by atoms with Crippen LogP contribution in [0.3, 0.4) is 0 Å². The summed E-state index contributed by atoms with van der Waals surface area (Å²) in [4.78, 5) is 11.6. The van der Waals surface area contributed by atoms with Crippen LogP contribution in [0.1, 0.15) is 29.0 Å². The Kier molecular flexibility index (Phi) is 7.30. The van der Waals surface area contributed by atoms with E-state index < -0.39 is 12.1 Å². The van der Waals surface area contributed by atoms with E-state index in [0.717, 1.165) is 42.3 Å². The van der Waals surface area contributed by atoms with Crippen molar-refractivity contribution in [3.63, 3.8) is 0 Å². The van der Waals surface area contributed by atoms with Gasteiger partial charge in [-0.2, -0.15) is 24.9 Å². The van der Waals surface area contributed by atoms with Crippen LogP contribution in [0.5, 0.6) is 5.75 Å². The highest BCUT2D eigenvalue weighted by molar-refractivity contribution is 7.98. The van der Waals surface area contributed by atoms with Crippen molar-refractivity contribution in [2.75, 3.05) is 37.4 Å². The second-order valence-corrected chi connectivity index (χ2v) is 9.58. The third-order valence-corrected chi connectivity index (χ3v) is 7.51. The molecule has 0 aromatic heterocycles. The highest BCUT2D eigenvalue weighted by Crippen LogP contribution is 2.49. The number of carboxylic acids is 1. The molecule has 6 nitrogen and oxygen atoms in total. The molecule has 3 aliphatic rings. The number of aliphatic hydroxyl groups is 1. The zero-order valence-corrected chi connectivity index (χ0v) is 19.5. The van der Waals surface area contributed by atoms with Crippen LogP contribution in [0.15, 0.2) is 30.3 Å². The predicted octanol–water partition coefficient (Wildman–Crippen LogP) is 4.00. The summed E-state index contributed by atoms with van der Waals surface area (Å²) in [6.07, 6.45) is -3.86. The maximum atomic E-state index is 10.6. The van der Waals surface area contributed by atoms with E-state index in [4.69, 9.17) is 14.6 Å². The average molecular weight is 497 g/mol. The fourth-order valence-corrected chi connectivity index (χ4v) is 5.96. The van der Waals surface area contributed by atoms with E-state index in [-0.39, 0.29) is 6.61 Å². The van der Waals surface area contributed by atoms with Crippen molar-refractivity contribution in [2.24, 2.45) is 0 Å². The SMILES string of the molecule is COc1ccc(-c2cc3c4c(c2)[C@@H]2CNCC[C@@H]2N4CCSC3)c(CO)c1.O=C(O)C(F)(F)F. The summed E-state index contributed by atoms with van der Waals surface area (Å²) in [6, 6.07) is 11.4. The summed E-state index contributed by atoms with van der Waals surface area (Å²) in [5.74, 6) is 0.883. The molecule has 0 amide bonds. The standard InChI is InChI=1S/C22H26N2O2S.C2HF3O2/c1-26-17-2-3-18(15(9-17)12-25)14-8-16-13-27-7-6-24-21-4-5-23-11-20(21)19(10-14)22(16)24;3-2(4,5)1(6)7/h2-3,8-10,20-21,23,25H,4-7,11-13H2,1H3;(H,6,7)/t20-,21-;/m0./s1. The quantitative estimate of drug-likeness (QED) is 0.593. The number of benzene rings is 2. The number of hydrogen-bond acceptors (Lipinski definition) is 6. The van der Waals surface area contributed by atoms with Gasteiger partial charge in [-0.15, -0.1) is 0 Å². The van der Waals surface area contributed by atoms with Crippen LogP contribution >= 0.6 is 11.8 Å². The minimum Gasteiger partial charge on any atom is -0.497 e. The van der Waals surface area contributed by atoms with E-state index in [1.165, 1.54) is 34.6 Å². The molecule has 2 aromatic rings. The van der Waals surface area contributed by atoms with E-state index in [1.807, 2.05) is 23.9 Å². The van der Waals surface area contributed by atoms with E-state index in [2.05, 4.69) is 28.4 Å². The lowest BCUT2D eigenvalue weighted by molar-refractivity contribution is -0.192. The number of carbonyl (C=O) groups is 1. The Balaban J connectivity index is 0.000000344. The van der Waals surface area contributed by atoms with Gasteiger partial charge in [-0.3, -0.25) is 0 Å². The molecular weight excluding hydrogens is 469 g/mol. The fourth-order valence-electron chi connectivity index (χ4n) is 5.05. The van der Waals surface area contributed by atoms with Crippen molar-refractivity contribution in [2.45, 2.75) is 36.9 Å². The molecule has 2 atom stereocenters. The molecule has 0 spiro atoms. The highest BCUT2D eigenvalue weighted by atomic mass is 32.2. The summed E-state index contributed by atoms with van der Waals surface area (Å²) in [5.41, 5.74) is 7.73. The molecule has 5 rings (SSSR count). The van der Waals surface area contributed by atoms with Crippen molar-refractivity contribution in [1.82, 2.24) is 5.32 Å². The molecule has 3 heterocycles. The zero-order valence-electron chi connectivity index (χ0n) is 18.7. The van der Waals surface area contributed by atoms with Gasteiger partial charge in [-0.1, -0.05) is 6.07 Å². The second-order valence-electron chi connectivity index (χ2n) is 8.47. The van der Waals surface area contributed by atoms with Crippen LogP contribution in [0.4, 0.5) is 18.9 Å². The Morgan fingerprint density at radius 3 is 2.74 bits per heavy atom. The molecule has 3 N–H and O–H groups in total. The molecule has 0 aliphatic carbocycles. The van der Waals surface area contributed by atoms with Gasteiger partial charge in [-0.05, 0) is 65.0 Å². The van der Waals surface area contributed by atoms with E-state index in [0.29, 0.717) is 12.0 Å². The second kappa shape index (κ2) is 10.1. The first-order valence-corrected chi connectivity index (χ1v) is 12.2. The molecule has 0 unspecified atom stereocenters. The first kappa shape index (κ1) is 24.7. The number of aliphatic carboxylic acids is 1. The number of anilines is 1. The molecule has 1 fully saturated rings. The number of halogens is 3. The maximum Gasteiger partial charge on any atom is 0.490 e. The Bertz CT molecular complexity index is 1060. The van der Waals surface area contributed by atoms with E-state index in [1.54, 1.807) is 7.11 Å². The number of nitrogens with one attached hydrogen (secondary N) is 1. The molecule has 3 aliphatic heterocycles. The van der Waals surface area contributed by atoms with Gasteiger partial charge in [0.15, 0.2) is 0 Å². The van der Waals surface area contributed by atoms with E-state index >= 15 is 0 Å². The van der Waals surface area contributed by atoms with Crippen molar-refractivity contribution >= 4 is 23.4 Å². The normalized spacial score (nSPS) is 21.0. The molecule has 0 radical (unpaired) electrons. The lowest BCUT2D eigenvalue weighted by Crippen LogP contribution is -2.44. The lowest BCUT2D eigenvalue weighted by atomic mass is 9.87. The predicted molar refractivity (Wildman–Crippen MR) is 126 cm³/mol. The average Bonchev–Trinajstić information content (AvgIpc) is 2.98. The van der Waals surface area contributed by atoms with Gasteiger partial charge in [0.05, 0.1) is 13.7 Å². The highest BCUT2D eigenvalue weighted by Gasteiger charge is 2.42. The molecule has 0 saturated carbocycles. The van der Waals surface area contributed by atoms with Crippen LogP contribution in [-0.4, -0.2) is 60.9 Å². The van der Waals surface area contributed by atoms with Crippen LogP contribution in [0.2, 0.25) is 0 Å². The van der Waals surface area contributed by atoms with Crippen LogP contribution in [0.25, 0.3) is 11.1 Å². The number of nitrogens with zero attached hydrogens (tertiary/aromatic N) is 1. The summed E-state index contributed by atoms with van der Waals surface area (Å²) in [7, 11) is 1.67. The van der Waals surface area contributed by atoms with Crippen LogP contribution in [-0.2, 0) is 17.2 Å². The number of alkyl halides is 3. The largest absolute Gasteiger partial charge is 0.497 e. The van der Waals surface area contributed by atoms with Crippen LogP contribution in [0, 0.1) is 0 Å². The number of rotatable bonds is 3. The lowest BCUT2D eigenvalue weighted by Gasteiger charge is -2.33. The Labute approximate surface area is 200 Å². The fraction of sp³-hybridized carbons (Fsp3) is 0.458. The van der Waals surface area contributed by atoms with Gasteiger partial charge >= 0.3 is 12.1 Å². The molecule has 1 saturated heterocycles. The number of carboxylic acid groups (broad SMARTS) is 1. The Morgan fingerprint density at radius 2 is 2.06 bits per heavy atom. The number of hydrogen-bond donors (Lipinski definition) is 3. The number of fused-ring (bicyclic) bond motifs is 3. The molecular formula is C24H27F3N2O4S. The van der Waals surface area contributed by atoms with Gasteiger partial charge in [0.1, 0.15) is 5.75 Å². The molecule has 184 valence electrons. The summed E-state index contributed by atoms with van der Waals surface area (Å²) in [5, 5.41) is 20.7. The van der Waals surface area contributed by atoms with Gasteiger partial charge < -0.3 is 25.2 Å². The first-order valence-electron chi connectivity index (χ1n) is 11.0. The molecule has 10 heteroatoms. The van der Waals surface area contributed by atoms with Crippen molar-refractivity contribution in [3.8, 4) is 16.9 Å². The number of methoxy groups -OCH3 is 1. The summed E-state index contributed by atoms with van der Waals surface area (Å²) >= 11 is 2.04. The summed E-state index contributed by atoms with van der Waals surface area (Å²) < 4.78 is 37.1. The monoisotopic (exact) mass is 496 g/mol. The smallest absolute Gasteiger partial charge is 0.490 e. The van der Waals surface area contributed by atoms with Crippen molar-refractivity contribution in [1.29, 1.82) is 0 Å². The minimum atomic E-state index is -5.08. The molecule has 2 aromatic carbocycles. The number of aliphatic hydroxyl groups excluding tert-OH is 1. The van der Waals surface area contributed by atoms with Gasteiger partial charge in [0, 0.05) is 42.2 Å². The number of ether oxygens (including phenoxy) is 1. The van der Waals surface area contributed by atoms with Gasteiger partial charge in [0.25, 0.3) is 0 Å². The van der Waals surface area contributed by atoms with Gasteiger partial charge in [0.2, 0.25) is 0 Å². The zero-order chi connectivity index (χ0) is 24.5. The third kappa shape index (κ3) is 4.85. The van der Waals surface area contributed by atoms with Crippen molar-refractivity contribution < 1.29 is 32.9 Å². The molecule has 0 bridgehead atoms. The Morgan fingerprint density at radius 1 is 1.29 bits per heavy atom.